The van der Waals surface area contributed by atoms with Gasteiger partial charge in [-0.15, -0.1) is 0 Å². The highest BCUT2D eigenvalue weighted by Gasteiger charge is 2.33. The highest BCUT2D eigenvalue weighted by Crippen LogP contribution is 2.31. The standard InChI is InChI=1S/C17H26ClNOS/c1-3-13-9-10-16(19-4-2)17(11-13)21(20)12-14-7-5-6-8-15(14)18/h5-8,13,16-17,19H,3-4,9-12H2,1-2H3. The van der Waals surface area contributed by atoms with E-state index in [9.17, 15) is 4.21 Å². The molecule has 0 aliphatic heterocycles. The van der Waals surface area contributed by atoms with Crippen LogP contribution in [0.15, 0.2) is 24.3 Å². The average Bonchev–Trinajstić information content (AvgIpc) is 2.50. The van der Waals surface area contributed by atoms with E-state index in [2.05, 4.69) is 19.2 Å². The normalized spacial score (nSPS) is 27.5. The molecule has 118 valence electrons. The first-order valence-corrected chi connectivity index (χ1v) is 9.75. The minimum Gasteiger partial charge on any atom is -0.313 e. The molecule has 1 aromatic carbocycles. The number of hydrogen-bond donors (Lipinski definition) is 1. The van der Waals surface area contributed by atoms with Crippen molar-refractivity contribution in [1.29, 1.82) is 0 Å². The summed E-state index contributed by atoms with van der Waals surface area (Å²) in [7, 11) is -0.869. The molecule has 4 atom stereocenters. The molecule has 4 heteroatoms. The number of hydrogen-bond acceptors (Lipinski definition) is 2. The van der Waals surface area contributed by atoms with Crippen molar-refractivity contribution < 1.29 is 4.21 Å². The van der Waals surface area contributed by atoms with E-state index in [1.54, 1.807) is 0 Å². The predicted molar refractivity (Wildman–Crippen MR) is 92.2 cm³/mol. The van der Waals surface area contributed by atoms with Crippen LogP contribution in [0.25, 0.3) is 0 Å². The van der Waals surface area contributed by atoms with E-state index in [1.807, 2.05) is 24.3 Å². The van der Waals surface area contributed by atoms with E-state index in [-0.39, 0.29) is 5.25 Å². The van der Waals surface area contributed by atoms with Crippen LogP contribution in [-0.4, -0.2) is 22.0 Å². The molecule has 1 aromatic rings. The van der Waals surface area contributed by atoms with Crippen molar-refractivity contribution >= 4 is 22.4 Å². The molecular weight excluding hydrogens is 302 g/mol. The van der Waals surface area contributed by atoms with Crippen molar-refractivity contribution in [3.8, 4) is 0 Å². The van der Waals surface area contributed by atoms with Gasteiger partial charge in [0.25, 0.3) is 0 Å². The first-order chi connectivity index (χ1) is 10.2. The monoisotopic (exact) mass is 327 g/mol. The Morgan fingerprint density at radius 2 is 2.05 bits per heavy atom. The van der Waals surface area contributed by atoms with Crippen LogP contribution in [0.1, 0.15) is 45.1 Å². The third-order valence-corrected chi connectivity index (χ3v) is 6.70. The van der Waals surface area contributed by atoms with Crippen LogP contribution in [0.5, 0.6) is 0 Å². The van der Waals surface area contributed by atoms with Gasteiger partial charge in [-0.1, -0.05) is 50.1 Å². The summed E-state index contributed by atoms with van der Waals surface area (Å²) in [5.74, 6) is 1.29. The maximum absolute atomic E-state index is 12.9. The van der Waals surface area contributed by atoms with E-state index >= 15 is 0 Å². The third kappa shape index (κ3) is 4.54. The molecule has 0 heterocycles. The van der Waals surface area contributed by atoms with Gasteiger partial charge in [0.2, 0.25) is 0 Å². The predicted octanol–water partition coefficient (Wildman–Crippen LogP) is 4.15. The van der Waals surface area contributed by atoms with Gasteiger partial charge in [-0.2, -0.15) is 0 Å². The molecule has 4 unspecified atom stereocenters. The van der Waals surface area contributed by atoms with Crippen LogP contribution < -0.4 is 5.32 Å². The minimum atomic E-state index is -0.869. The lowest BCUT2D eigenvalue weighted by atomic mass is 9.84. The molecule has 2 nitrogen and oxygen atoms in total. The summed E-state index contributed by atoms with van der Waals surface area (Å²) in [4.78, 5) is 0. The second-order valence-electron chi connectivity index (χ2n) is 5.91. The Bertz CT molecular complexity index is 480. The van der Waals surface area contributed by atoms with Gasteiger partial charge in [0.15, 0.2) is 0 Å². The average molecular weight is 328 g/mol. The zero-order valence-electron chi connectivity index (χ0n) is 13.0. The van der Waals surface area contributed by atoms with Gasteiger partial charge in [-0.25, -0.2) is 0 Å². The van der Waals surface area contributed by atoms with Crippen molar-refractivity contribution in [1.82, 2.24) is 5.32 Å². The Balaban J connectivity index is 2.08. The van der Waals surface area contributed by atoms with Gasteiger partial charge in [0, 0.05) is 21.9 Å². The van der Waals surface area contributed by atoms with Crippen LogP contribution in [0, 0.1) is 5.92 Å². The lowest BCUT2D eigenvalue weighted by molar-refractivity contribution is 0.294. The summed E-state index contributed by atoms with van der Waals surface area (Å²) in [6.07, 6.45) is 4.67. The van der Waals surface area contributed by atoms with Crippen LogP contribution in [0.4, 0.5) is 0 Å². The summed E-state index contributed by atoms with van der Waals surface area (Å²) >= 11 is 6.21. The summed E-state index contributed by atoms with van der Waals surface area (Å²) in [5.41, 5.74) is 1.01. The van der Waals surface area contributed by atoms with Crippen molar-refractivity contribution in [3.63, 3.8) is 0 Å². The lowest BCUT2D eigenvalue weighted by Crippen LogP contribution is -2.46. The van der Waals surface area contributed by atoms with E-state index in [0.29, 0.717) is 11.8 Å². The first-order valence-electron chi connectivity index (χ1n) is 7.99. The Hall–Kier alpha value is -0.380. The lowest BCUT2D eigenvalue weighted by Gasteiger charge is -2.35. The van der Waals surface area contributed by atoms with Crippen molar-refractivity contribution in [3.05, 3.63) is 34.9 Å². The molecule has 1 fully saturated rings. The molecule has 0 saturated heterocycles. The van der Waals surface area contributed by atoms with Crippen LogP contribution in [-0.2, 0) is 16.6 Å². The van der Waals surface area contributed by atoms with Crippen LogP contribution >= 0.6 is 11.6 Å². The number of nitrogens with one attached hydrogen (secondary N) is 1. The van der Waals surface area contributed by atoms with Crippen LogP contribution in [0.3, 0.4) is 0 Å². The van der Waals surface area contributed by atoms with Gasteiger partial charge in [0.05, 0.1) is 11.0 Å². The quantitative estimate of drug-likeness (QED) is 0.850. The fourth-order valence-corrected chi connectivity index (χ4v) is 5.38. The van der Waals surface area contributed by atoms with E-state index < -0.39 is 10.8 Å². The molecule has 2 rings (SSSR count). The van der Waals surface area contributed by atoms with Gasteiger partial charge in [-0.3, -0.25) is 4.21 Å². The van der Waals surface area contributed by atoms with E-state index in [1.165, 1.54) is 12.8 Å². The Labute approximate surface area is 136 Å². The SMILES string of the molecule is CCNC1CCC(CC)CC1S(=O)Cc1ccccc1Cl. The second-order valence-corrected chi connectivity index (χ2v) is 7.97. The maximum atomic E-state index is 12.9. The summed E-state index contributed by atoms with van der Waals surface area (Å²) < 4.78 is 12.9. The maximum Gasteiger partial charge on any atom is 0.0507 e. The molecular formula is C17H26ClNOS. The summed E-state index contributed by atoms with van der Waals surface area (Å²) in [6, 6.07) is 8.15. The van der Waals surface area contributed by atoms with Gasteiger partial charge >= 0.3 is 0 Å². The number of benzene rings is 1. The minimum absolute atomic E-state index is 0.250. The fraction of sp³-hybridized carbons (Fsp3) is 0.647. The Morgan fingerprint density at radius 3 is 2.71 bits per heavy atom. The zero-order chi connectivity index (χ0) is 15.2. The van der Waals surface area contributed by atoms with Crippen LogP contribution in [0.2, 0.25) is 5.02 Å². The van der Waals surface area contributed by atoms with Gasteiger partial charge < -0.3 is 5.32 Å². The Morgan fingerprint density at radius 1 is 1.29 bits per heavy atom. The second kappa shape index (κ2) is 8.30. The Kier molecular flexibility index (Phi) is 6.72. The molecule has 0 aromatic heterocycles. The molecule has 0 amide bonds. The summed E-state index contributed by atoms with van der Waals surface area (Å²) in [5, 5.41) is 4.51. The molecule has 1 N–H and O–H groups in total. The van der Waals surface area contributed by atoms with Gasteiger partial charge in [-0.05, 0) is 43.4 Å². The molecule has 0 radical (unpaired) electrons. The molecule has 1 aliphatic carbocycles. The molecule has 21 heavy (non-hydrogen) atoms. The highest BCUT2D eigenvalue weighted by atomic mass is 35.5. The van der Waals surface area contributed by atoms with Crippen molar-refractivity contribution in [2.45, 2.75) is 56.6 Å². The fourth-order valence-electron chi connectivity index (χ4n) is 3.24. The zero-order valence-corrected chi connectivity index (χ0v) is 14.6. The molecule has 0 bridgehead atoms. The smallest absolute Gasteiger partial charge is 0.0507 e. The van der Waals surface area contributed by atoms with E-state index in [4.69, 9.17) is 11.6 Å². The third-order valence-electron chi connectivity index (χ3n) is 4.54. The largest absolute Gasteiger partial charge is 0.313 e. The number of halogens is 1. The molecule has 0 spiro atoms. The molecule has 1 saturated carbocycles. The van der Waals surface area contributed by atoms with Crippen molar-refractivity contribution in [2.75, 3.05) is 6.54 Å². The summed E-state index contributed by atoms with van der Waals surface area (Å²) in [6.45, 7) is 5.31. The van der Waals surface area contributed by atoms with Crippen molar-refractivity contribution in [2.24, 2.45) is 5.92 Å². The molecule has 1 aliphatic rings. The number of rotatable bonds is 6. The highest BCUT2D eigenvalue weighted by molar-refractivity contribution is 7.84. The van der Waals surface area contributed by atoms with Gasteiger partial charge in [0.1, 0.15) is 0 Å². The van der Waals surface area contributed by atoms with E-state index in [0.717, 1.165) is 35.9 Å². The first kappa shape index (κ1) is 17.0. The topological polar surface area (TPSA) is 29.1 Å².